The molecule has 5 heteroatoms. The first-order chi connectivity index (χ1) is 13.0. The summed E-state index contributed by atoms with van der Waals surface area (Å²) in [5.41, 5.74) is 3.28. The van der Waals surface area contributed by atoms with Crippen molar-refractivity contribution in [2.75, 3.05) is 5.32 Å². The number of nitrogens with one attached hydrogen (secondary N) is 1. The van der Waals surface area contributed by atoms with E-state index >= 15 is 0 Å². The van der Waals surface area contributed by atoms with E-state index < -0.39 is 5.91 Å². The highest BCUT2D eigenvalue weighted by Crippen LogP contribution is 2.24. The minimum absolute atomic E-state index is 0.0732. The molecule has 0 saturated carbocycles. The molecular formula is C22H17FN2O2. The number of hydrogen-bond donors (Lipinski definition) is 1. The molecule has 0 radical (unpaired) electrons. The summed E-state index contributed by atoms with van der Waals surface area (Å²) in [6.07, 6.45) is 1.38. The second kappa shape index (κ2) is 7.71. The van der Waals surface area contributed by atoms with Crippen LogP contribution >= 0.6 is 0 Å². The summed E-state index contributed by atoms with van der Waals surface area (Å²) in [6, 6.07) is 16.7. The summed E-state index contributed by atoms with van der Waals surface area (Å²) in [5.74, 6) is 0.0432. The number of anilines is 1. The molecule has 1 amide bonds. The van der Waals surface area contributed by atoms with Crippen LogP contribution in [0.3, 0.4) is 0 Å². The van der Waals surface area contributed by atoms with Gasteiger partial charge in [-0.1, -0.05) is 12.1 Å². The van der Waals surface area contributed by atoms with Crippen molar-refractivity contribution in [1.29, 1.82) is 5.26 Å². The number of amides is 1. The normalized spacial score (nSPS) is 11.1. The van der Waals surface area contributed by atoms with Crippen molar-refractivity contribution in [2.45, 2.75) is 13.8 Å². The monoisotopic (exact) mass is 360 g/mol. The molecular weight excluding hydrogens is 343 g/mol. The second-order valence-electron chi connectivity index (χ2n) is 6.08. The van der Waals surface area contributed by atoms with Gasteiger partial charge in [0.25, 0.3) is 5.91 Å². The van der Waals surface area contributed by atoms with Crippen molar-refractivity contribution in [3.8, 4) is 17.4 Å². The molecule has 0 aliphatic rings. The summed E-state index contributed by atoms with van der Waals surface area (Å²) in [5, 5.41) is 12.1. The smallest absolute Gasteiger partial charge is 0.266 e. The molecule has 0 spiro atoms. The first kappa shape index (κ1) is 18.2. The number of carbonyl (C=O) groups is 1. The van der Waals surface area contributed by atoms with E-state index in [0.717, 1.165) is 11.1 Å². The summed E-state index contributed by atoms with van der Waals surface area (Å²) >= 11 is 0. The molecule has 27 heavy (non-hydrogen) atoms. The molecule has 0 aliphatic heterocycles. The number of nitrogens with zero attached hydrogens (tertiary/aromatic N) is 1. The van der Waals surface area contributed by atoms with Crippen LogP contribution in [0, 0.1) is 31.0 Å². The zero-order valence-corrected chi connectivity index (χ0v) is 14.9. The lowest BCUT2D eigenvalue weighted by Crippen LogP contribution is -2.14. The predicted molar refractivity (Wildman–Crippen MR) is 102 cm³/mol. The Hall–Kier alpha value is -3.65. The van der Waals surface area contributed by atoms with Crippen LogP contribution < -0.4 is 5.32 Å². The molecule has 0 bridgehead atoms. The molecule has 4 nitrogen and oxygen atoms in total. The predicted octanol–water partition coefficient (Wildman–Crippen LogP) is 5.25. The van der Waals surface area contributed by atoms with Crippen molar-refractivity contribution < 1.29 is 13.6 Å². The number of benzene rings is 2. The van der Waals surface area contributed by atoms with Crippen molar-refractivity contribution >= 4 is 17.7 Å². The van der Waals surface area contributed by atoms with Gasteiger partial charge in [-0.05, 0) is 67.4 Å². The van der Waals surface area contributed by atoms with E-state index in [1.165, 1.54) is 18.2 Å². The maximum absolute atomic E-state index is 13.0. The van der Waals surface area contributed by atoms with Crippen LogP contribution in [0.15, 0.2) is 64.6 Å². The van der Waals surface area contributed by atoms with Crippen LogP contribution in [0.25, 0.3) is 17.4 Å². The van der Waals surface area contributed by atoms with Crippen molar-refractivity contribution in [3.05, 3.63) is 82.9 Å². The highest BCUT2D eigenvalue weighted by molar-refractivity contribution is 6.09. The Labute approximate surface area is 156 Å². The lowest BCUT2D eigenvalue weighted by Gasteiger charge is -2.09. The van der Waals surface area contributed by atoms with Gasteiger partial charge in [-0.3, -0.25) is 4.79 Å². The van der Waals surface area contributed by atoms with Crippen LogP contribution in [0.4, 0.5) is 10.1 Å². The van der Waals surface area contributed by atoms with Crippen LogP contribution in [0.5, 0.6) is 0 Å². The topological polar surface area (TPSA) is 66.0 Å². The molecule has 1 aromatic heterocycles. The summed E-state index contributed by atoms with van der Waals surface area (Å²) in [6.45, 7) is 3.86. The van der Waals surface area contributed by atoms with Gasteiger partial charge in [0, 0.05) is 17.3 Å². The van der Waals surface area contributed by atoms with E-state index in [1.54, 1.807) is 30.3 Å². The highest BCUT2D eigenvalue weighted by atomic mass is 19.1. The molecule has 2 aromatic carbocycles. The fourth-order valence-corrected chi connectivity index (χ4v) is 2.57. The van der Waals surface area contributed by atoms with E-state index in [1.807, 2.05) is 32.0 Å². The van der Waals surface area contributed by atoms with Crippen LogP contribution in [0.2, 0.25) is 0 Å². The van der Waals surface area contributed by atoms with Crippen LogP contribution in [-0.4, -0.2) is 5.91 Å². The van der Waals surface area contributed by atoms with Gasteiger partial charge in [0.1, 0.15) is 29.0 Å². The lowest BCUT2D eigenvalue weighted by atomic mass is 10.1. The van der Waals surface area contributed by atoms with E-state index in [2.05, 4.69) is 5.32 Å². The zero-order valence-electron chi connectivity index (χ0n) is 14.9. The van der Waals surface area contributed by atoms with Gasteiger partial charge in [-0.25, -0.2) is 4.39 Å². The van der Waals surface area contributed by atoms with E-state index in [4.69, 9.17) is 4.42 Å². The number of hydrogen-bond acceptors (Lipinski definition) is 3. The Kier molecular flexibility index (Phi) is 5.18. The maximum Gasteiger partial charge on any atom is 0.266 e. The Bertz CT molecular complexity index is 1060. The first-order valence-electron chi connectivity index (χ1n) is 8.33. The van der Waals surface area contributed by atoms with E-state index in [0.29, 0.717) is 22.8 Å². The summed E-state index contributed by atoms with van der Waals surface area (Å²) < 4.78 is 18.7. The largest absolute Gasteiger partial charge is 0.457 e. The maximum atomic E-state index is 13.0. The molecule has 3 aromatic rings. The van der Waals surface area contributed by atoms with Crippen molar-refractivity contribution in [2.24, 2.45) is 0 Å². The second-order valence-corrected chi connectivity index (χ2v) is 6.08. The Balaban J connectivity index is 1.82. The van der Waals surface area contributed by atoms with Gasteiger partial charge in [-0.15, -0.1) is 0 Å². The van der Waals surface area contributed by atoms with Crippen molar-refractivity contribution in [3.63, 3.8) is 0 Å². The van der Waals surface area contributed by atoms with Gasteiger partial charge < -0.3 is 9.73 Å². The number of halogens is 1. The standard InChI is InChI=1S/C22H17FN2O2/c1-14-4-3-5-20(15(14)2)25-22(26)17(13-24)12-19-10-11-21(27-19)16-6-8-18(23)9-7-16/h3-12H,1-2H3,(H,25,26). The third-order valence-corrected chi connectivity index (χ3v) is 4.26. The minimum atomic E-state index is -0.508. The zero-order chi connectivity index (χ0) is 19.4. The Morgan fingerprint density at radius 3 is 2.56 bits per heavy atom. The number of rotatable bonds is 4. The average Bonchev–Trinajstić information content (AvgIpc) is 3.12. The third-order valence-electron chi connectivity index (χ3n) is 4.26. The molecule has 1 heterocycles. The first-order valence-corrected chi connectivity index (χ1v) is 8.33. The Morgan fingerprint density at radius 1 is 1.11 bits per heavy atom. The SMILES string of the molecule is Cc1cccc(NC(=O)C(C#N)=Cc2ccc(-c3ccc(F)cc3)o2)c1C. The molecule has 0 saturated heterocycles. The summed E-state index contributed by atoms with van der Waals surface area (Å²) in [7, 11) is 0. The van der Waals surface area contributed by atoms with Gasteiger partial charge in [-0.2, -0.15) is 5.26 Å². The molecule has 0 unspecified atom stereocenters. The number of carbonyl (C=O) groups excluding carboxylic acids is 1. The van der Waals surface area contributed by atoms with E-state index in [9.17, 15) is 14.4 Å². The third kappa shape index (κ3) is 4.13. The summed E-state index contributed by atoms with van der Waals surface area (Å²) in [4.78, 5) is 12.4. The Morgan fingerprint density at radius 2 is 1.85 bits per heavy atom. The van der Waals surface area contributed by atoms with E-state index in [-0.39, 0.29) is 11.4 Å². The van der Waals surface area contributed by atoms with Gasteiger partial charge in [0.05, 0.1) is 0 Å². The quantitative estimate of drug-likeness (QED) is 0.510. The number of furan rings is 1. The minimum Gasteiger partial charge on any atom is -0.457 e. The fourth-order valence-electron chi connectivity index (χ4n) is 2.57. The van der Waals surface area contributed by atoms with Gasteiger partial charge in [0.15, 0.2) is 0 Å². The van der Waals surface area contributed by atoms with Crippen molar-refractivity contribution in [1.82, 2.24) is 0 Å². The average molecular weight is 360 g/mol. The highest BCUT2D eigenvalue weighted by Gasteiger charge is 2.13. The molecule has 0 fully saturated rings. The molecule has 0 atom stereocenters. The van der Waals surface area contributed by atoms with Crippen LogP contribution in [-0.2, 0) is 4.79 Å². The molecule has 134 valence electrons. The molecule has 0 aliphatic carbocycles. The molecule has 3 rings (SSSR count). The fraction of sp³-hybridized carbons (Fsp3) is 0.0909. The van der Waals surface area contributed by atoms with Gasteiger partial charge in [0.2, 0.25) is 0 Å². The number of aryl methyl sites for hydroxylation is 1. The number of nitriles is 1. The lowest BCUT2D eigenvalue weighted by molar-refractivity contribution is -0.112. The van der Waals surface area contributed by atoms with Crippen LogP contribution in [0.1, 0.15) is 16.9 Å². The van der Waals surface area contributed by atoms with Gasteiger partial charge >= 0.3 is 0 Å². The molecule has 1 N–H and O–H groups in total.